The van der Waals surface area contributed by atoms with Crippen molar-refractivity contribution < 1.29 is 9.47 Å². The number of hydrogen-bond donors (Lipinski definition) is 0. The second-order valence-electron chi connectivity index (χ2n) is 7.22. The van der Waals surface area contributed by atoms with Crippen LogP contribution in [0.25, 0.3) is 10.2 Å². The van der Waals surface area contributed by atoms with Crippen molar-refractivity contribution in [1.82, 2.24) is 4.98 Å². The smallest absolute Gasteiger partial charge is 0.135 e. The van der Waals surface area contributed by atoms with E-state index in [9.17, 15) is 0 Å². The minimum Gasteiger partial charge on any atom is -0.495 e. The zero-order valence-corrected chi connectivity index (χ0v) is 17.9. The van der Waals surface area contributed by atoms with E-state index in [0.29, 0.717) is 11.8 Å². The van der Waals surface area contributed by atoms with Gasteiger partial charge in [0.1, 0.15) is 5.75 Å². The number of thiazole rings is 1. The van der Waals surface area contributed by atoms with E-state index in [1.165, 1.54) is 41.0 Å². The number of methoxy groups -OCH3 is 1. The lowest BCUT2D eigenvalue weighted by Crippen LogP contribution is -2.17. The highest BCUT2D eigenvalue weighted by Gasteiger charge is 2.25. The van der Waals surface area contributed by atoms with E-state index in [2.05, 4.69) is 46.3 Å². The monoisotopic (exact) mass is 445 g/mol. The lowest BCUT2D eigenvalue weighted by molar-refractivity contribution is 0.0716. The van der Waals surface area contributed by atoms with Crippen LogP contribution in [0.5, 0.6) is 5.75 Å². The lowest BCUT2D eigenvalue weighted by Gasteiger charge is -2.27. The normalized spacial score (nSPS) is 20.1. The number of aromatic nitrogens is 1. The molecule has 3 nitrogen and oxygen atoms in total. The summed E-state index contributed by atoms with van der Waals surface area (Å²) in [5.41, 5.74) is 2.30. The molecule has 1 aliphatic carbocycles. The van der Waals surface area contributed by atoms with E-state index in [4.69, 9.17) is 14.5 Å². The molecule has 0 radical (unpaired) electrons. The minimum atomic E-state index is 0.581. The van der Waals surface area contributed by atoms with Gasteiger partial charge < -0.3 is 9.47 Å². The van der Waals surface area contributed by atoms with Crippen LogP contribution in [0.3, 0.4) is 0 Å². The van der Waals surface area contributed by atoms with Gasteiger partial charge in [0.25, 0.3) is 0 Å². The third-order valence-corrected chi connectivity index (χ3v) is 7.14. The van der Waals surface area contributed by atoms with Crippen LogP contribution in [0.1, 0.15) is 42.2 Å². The molecule has 1 heterocycles. The van der Waals surface area contributed by atoms with Crippen LogP contribution in [0.2, 0.25) is 0 Å². The molecule has 0 unspecified atom stereocenters. The van der Waals surface area contributed by atoms with Crippen LogP contribution in [0.4, 0.5) is 0 Å². The van der Waals surface area contributed by atoms with Gasteiger partial charge in [-0.1, -0.05) is 30.3 Å². The quantitative estimate of drug-likeness (QED) is 0.430. The van der Waals surface area contributed by atoms with Crippen molar-refractivity contribution in [3.63, 3.8) is 0 Å². The molecule has 4 rings (SSSR count). The Kier molecular flexibility index (Phi) is 6.11. The predicted molar refractivity (Wildman–Crippen MR) is 115 cm³/mol. The molecule has 1 saturated carbocycles. The van der Waals surface area contributed by atoms with Gasteiger partial charge >= 0.3 is 0 Å². The molecular formula is C22H24BrNO2S. The largest absolute Gasteiger partial charge is 0.495 e. The summed E-state index contributed by atoms with van der Waals surface area (Å²) in [4.78, 5) is 4.90. The van der Waals surface area contributed by atoms with E-state index < -0.39 is 0 Å². The predicted octanol–water partition coefficient (Wildman–Crippen LogP) is 6.56. The molecule has 0 amide bonds. The average molecular weight is 446 g/mol. The van der Waals surface area contributed by atoms with Crippen molar-refractivity contribution in [3.8, 4) is 5.75 Å². The molecule has 1 fully saturated rings. The van der Waals surface area contributed by atoms with Crippen molar-refractivity contribution in [3.05, 3.63) is 57.5 Å². The molecule has 0 saturated heterocycles. The van der Waals surface area contributed by atoms with Gasteiger partial charge in [0, 0.05) is 18.6 Å². The maximum absolute atomic E-state index is 5.95. The molecule has 0 spiro atoms. The maximum atomic E-state index is 5.95. The van der Waals surface area contributed by atoms with E-state index in [0.717, 1.165) is 29.0 Å². The number of halogens is 1. The molecule has 1 aromatic heterocycles. The first-order chi connectivity index (χ1) is 13.2. The highest BCUT2D eigenvalue weighted by molar-refractivity contribution is 9.10. The van der Waals surface area contributed by atoms with Crippen LogP contribution in [-0.4, -0.2) is 18.7 Å². The lowest BCUT2D eigenvalue weighted by atomic mass is 9.83. The molecule has 5 heteroatoms. The zero-order valence-electron chi connectivity index (χ0n) is 15.5. The highest BCUT2D eigenvalue weighted by Crippen LogP contribution is 2.41. The number of hydrogen-bond acceptors (Lipinski definition) is 4. The van der Waals surface area contributed by atoms with Gasteiger partial charge in [0.15, 0.2) is 0 Å². The Labute approximate surface area is 172 Å². The summed E-state index contributed by atoms with van der Waals surface area (Å²) >= 11 is 5.40. The van der Waals surface area contributed by atoms with Crippen molar-refractivity contribution in [1.29, 1.82) is 0 Å². The molecule has 2 aromatic carbocycles. The van der Waals surface area contributed by atoms with Gasteiger partial charge in [-0.05, 0) is 59.2 Å². The number of rotatable bonds is 6. The summed E-state index contributed by atoms with van der Waals surface area (Å²) < 4.78 is 13.6. The summed E-state index contributed by atoms with van der Waals surface area (Å²) in [6.45, 7) is 1.58. The Morgan fingerprint density at radius 3 is 2.63 bits per heavy atom. The van der Waals surface area contributed by atoms with E-state index in [1.54, 1.807) is 7.11 Å². The molecule has 1 aliphatic rings. The number of benzene rings is 2. The fourth-order valence-electron chi connectivity index (χ4n) is 3.77. The summed E-state index contributed by atoms with van der Waals surface area (Å²) in [7, 11) is 1.69. The molecule has 142 valence electrons. The van der Waals surface area contributed by atoms with Crippen molar-refractivity contribution >= 4 is 37.5 Å². The topological polar surface area (TPSA) is 31.4 Å². The first-order valence-corrected chi connectivity index (χ1v) is 11.1. The first-order valence-electron chi connectivity index (χ1n) is 9.48. The molecule has 0 N–H and O–H groups in total. The third-order valence-electron chi connectivity index (χ3n) is 5.34. The summed E-state index contributed by atoms with van der Waals surface area (Å²) in [6.07, 6.45) is 4.86. The van der Waals surface area contributed by atoms with Crippen molar-refractivity contribution in [2.24, 2.45) is 5.92 Å². The fraction of sp³-hybridized carbons (Fsp3) is 0.409. The first kappa shape index (κ1) is 18.9. The molecular weight excluding hydrogens is 422 g/mol. The third kappa shape index (κ3) is 4.53. The minimum absolute atomic E-state index is 0.581. The molecule has 0 bridgehead atoms. The Morgan fingerprint density at radius 2 is 1.89 bits per heavy atom. The van der Waals surface area contributed by atoms with E-state index >= 15 is 0 Å². The van der Waals surface area contributed by atoms with Crippen molar-refractivity contribution in [2.75, 3.05) is 13.7 Å². The SMILES string of the molecule is COc1cc2nc(C3CCC(COCc4ccccc4)CC3)sc2cc1Br. The molecule has 0 aliphatic heterocycles. The Bertz CT molecular complexity index is 888. The number of ether oxygens (including phenoxy) is 2. The molecule has 3 aromatic rings. The van der Waals surface area contributed by atoms with Gasteiger partial charge in [0.05, 0.1) is 33.4 Å². The van der Waals surface area contributed by atoms with Crippen LogP contribution < -0.4 is 4.74 Å². The van der Waals surface area contributed by atoms with Gasteiger partial charge in [-0.3, -0.25) is 0 Å². The van der Waals surface area contributed by atoms with Gasteiger partial charge in [0.2, 0.25) is 0 Å². The average Bonchev–Trinajstić information content (AvgIpc) is 3.11. The van der Waals surface area contributed by atoms with Gasteiger partial charge in [-0.2, -0.15) is 0 Å². The standard InChI is InChI=1S/C22H24BrNO2S/c1-25-20-12-19-21(11-18(20)23)27-22(24-19)17-9-7-16(8-10-17)14-26-13-15-5-3-2-4-6-15/h2-6,11-12,16-17H,7-10,13-14H2,1H3. The summed E-state index contributed by atoms with van der Waals surface area (Å²) in [6, 6.07) is 14.6. The van der Waals surface area contributed by atoms with Crippen LogP contribution in [0, 0.1) is 5.92 Å². The maximum Gasteiger partial charge on any atom is 0.135 e. The van der Waals surface area contributed by atoms with E-state index in [1.807, 2.05) is 23.5 Å². The van der Waals surface area contributed by atoms with Gasteiger partial charge in [-0.25, -0.2) is 4.98 Å². The molecule has 27 heavy (non-hydrogen) atoms. The Balaban J connectivity index is 1.31. The van der Waals surface area contributed by atoms with Crippen LogP contribution in [-0.2, 0) is 11.3 Å². The fourth-order valence-corrected chi connectivity index (χ4v) is 5.59. The van der Waals surface area contributed by atoms with E-state index in [-0.39, 0.29) is 0 Å². The summed E-state index contributed by atoms with van der Waals surface area (Å²) in [5, 5.41) is 1.27. The highest BCUT2D eigenvalue weighted by atomic mass is 79.9. The van der Waals surface area contributed by atoms with Crippen LogP contribution >= 0.6 is 27.3 Å². The zero-order chi connectivity index (χ0) is 18.6. The number of fused-ring (bicyclic) bond motifs is 1. The second kappa shape index (κ2) is 8.72. The van der Waals surface area contributed by atoms with Gasteiger partial charge in [-0.15, -0.1) is 11.3 Å². The van der Waals surface area contributed by atoms with Crippen LogP contribution in [0.15, 0.2) is 46.9 Å². The molecule has 0 atom stereocenters. The summed E-state index contributed by atoms with van der Waals surface area (Å²) in [5.74, 6) is 2.10. The second-order valence-corrected chi connectivity index (χ2v) is 9.14. The Morgan fingerprint density at radius 1 is 1.11 bits per heavy atom. The Hall–Kier alpha value is -1.43. The number of nitrogens with zero attached hydrogens (tertiary/aromatic N) is 1. The van der Waals surface area contributed by atoms with Crippen molar-refractivity contribution in [2.45, 2.75) is 38.2 Å².